The summed E-state index contributed by atoms with van der Waals surface area (Å²) < 4.78 is 0. The van der Waals surface area contributed by atoms with Crippen LogP contribution in [0.3, 0.4) is 0 Å². The van der Waals surface area contributed by atoms with Gasteiger partial charge in [-0.15, -0.1) is 0 Å². The fourth-order valence-corrected chi connectivity index (χ4v) is 2.74. The Labute approximate surface area is 130 Å². The topological polar surface area (TPSA) is 35.5 Å². The van der Waals surface area contributed by atoms with E-state index in [1.807, 2.05) is 18.2 Å². The van der Waals surface area contributed by atoms with Crippen molar-refractivity contribution in [3.8, 4) is 0 Å². The average Bonchev–Trinajstić information content (AvgIpc) is 2.51. The third-order valence-electron chi connectivity index (χ3n) is 4.66. The van der Waals surface area contributed by atoms with Crippen molar-refractivity contribution in [3.05, 3.63) is 35.9 Å². The van der Waals surface area contributed by atoms with Crippen LogP contribution in [0.15, 0.2) is 30.3 Å². The van der Waals surface area contributed by atoms with Crippen LogP contribution in [0.1, 0.15) is 39.7 Å². The Morgan fingerprint density at radius 1 is 1.19 bits per heavy atom. The smallest absolute Gasteiger partial charge is 0.0681 e. The molecule has 0 fully saturated rings. The molecule has 2 unspecified atom stereocenters. The molecule has 1 rings (SSSR count). The van der Waals surface area contributed by atoms with E-state index in [1.165, 1.54) is 5.56 Å². The number of hydrogen-bond donors (Lipinski definition) is 2. The predicted molar refractivity (Wildman–Crippen MR) is 90.4 cm³/mol. The van der Waals surface area contributed by atoms with Crippen molar-refractivity contribution >= 4 is 0 Å². The van der Waals surface area contributed by atoms with Crippen LogP contribution >= 0.6 is 0 Å². The minimum absolute atomic E-state index is 0.120. The second kappa shape index (κ2) is 8.52. The normalized spacial score (nSPS) is 16.2. The molecular formula is C18H32N2O. The van der Waals surface area contributed by atoms with Crippen molar-refractivity contribution in [1.29, 1.82) is 0 Å². The van der Waals surface area contributed by atoms with E-state index in [0.717, 1.165) is 19.5 Å². The fourth-order valence-electron chi connectivity index (χ4n) is 2.74. The van der Waals surface area contributed by atoms with E-state index in [9.17, 15) is 5.11 Å². The number of nitrogens with one attached hydrogen (secondary N) is 1. The van der Waals surface area contributed by atoms with E-state index in [4.69, 9.17) is 0 Å². The zero-order chi connectivity index (χ0) is 15.9. The van der Waals surface area contributed by atoms with E-state index in [0.29, 0.717) is 12.0 Å². The summed E-state index contributed by atoms with van der Waals surface area (Å²) in [5, 5.41) is 13.5. The van der Waals surface area contributed by atoms with Gasteiger partial charge in [-0.3, -0.25) is 0 Å². The highest BCUT2D eigenvalue weighted by Gasteiger charge is 2.31. The Bertz CT molecular complexity index is 393. The number of aliphatic hydroxyl groups excluding tert-OH is 1. The van der Waals surface area contributed by atoms with Gasteiger partial charge in [0.25, 0.3) is 0 Å². The molecule has 0 aromatic heterocycles. The van der Waals surface area contributed by atoms with Crippen molar-refractivity contribution in [2.75, 3.05) is 26.7 Å². The Hall–Kier alpha value is -0.900. The summed E-state index contributed by atoms with van der Waals surface area (Å²) in [6.07, 6.45) is 0.898. The van der Waals surface area contributed by atoms with E-state index in [2.05, 4.69) is 57.1 Å². The van der Waals surface area contributed by atoms with Gasteiger partial charge < -0.3 is 15.3 Å². The molecule has 21 heavy (non-hydrogen) atoms. The molecule has 2 atom stereocenters. The molecule has 120 valence electrons. The van der Waals surface area contributed by atoms with Gasteiger partial charge in [-0.2, -0.15) is 0 Å². The molecule has 0 bridgehead atoms. The molecule has 3 nitrogen and oxygen atoms in total. The predicted octanol–water partition coefficient (Wildman–Crippen LogP) is 2.85. The Kier molecular flexibility index (Phi) is 7.36. The van der Waals surface area contributed by atoms with Gasteiger partial charge in [0, 0.05) is 12.6 Å². The van der Waals surface area contributed by atoms with Crippen molar-refractivity contribution in [1.82, 2.24) is 10.2 Å². The van der Waals surface area contributed by atoms with Crippen LogP contribution in [-0.2, 0) is 5.54 Å². The van der Waals surface area contributed by atoms with Crippen LogP contribution in [0.4, 0.5) is 0 Å². The zero-order valence-corrected chi connectivity index (χ0v) is 14.3. The monoisotopic (exact) mass is 292 g/mol. The highest BCUT2D eigenvalue weighted by atomic mass is 16.3. The molecule has 1 aromatic carbocycles. The molecular weight excluding hydrogens is 260 g/mol. The molecule has 0 amide bonds. The molecule has 1 aromatic rings. The van der Waals surface area contributed by atoms with E-state index >= 15 is 0 Å². The lowest BCUT2D eigenvalue weighted by atomic mass is 9.86. The van der Waals surface area contributed by atoms with E-state index in [-0.39, 0.29) is 12.1 Å². The summed E-state index contributed by atoms with van der Waals surface area (Å²) in [5.41, 5.74) is 0.820. The largest absolute Gasteiger partial charge is 0.394 e. The Morgan fingerprint density at radius 3 is 2.29 bits per heavy atom. The molecule has 0 saturated heterocycles. The van der Waals surface area contributed by atoms with E-state index < -0.39 is 0 Å². The van der Waals surface area contributed by atoms with Crippen LogP contribution in [-0.4, -0.2) is 42.8 Å². The van der Waals surface area contributed by atoms with Crippen molar-refractivity contribution < 1.29 is 5.11 Å². The van der Waals surface area contributed by atoms with Gasteiger partial charge in [-0.05, 0) is 38.4 Å². The lowest BCUT2D eigenvalue weighted by molar-refractivity contribution is 0.123. The summed E-state index contributed by atoms with van der Waals surface area (Å²) in [6, 6.07) is 10.8. The molecule has 3 heteroatoms. The number of aliphatic hydroxyl groups is 1. The molecule has 0 aliphatic rings. The molecule has 0 aliphatic heterocycles. The molecule has 0 heterocycles. The second-order valence-corrected chi connectivity index (χ2v) is 6.35. The summed E-state index contributed by atoms with van der Waals surface area (Å²) in [4.78, 5) is 2.38. The third kappa shape index (κ3) is 4.80. The quantitative estimate of drug-likeness (QED) is 0.734. The maximum Gasteiger partial charge on any atom is 0.0681 e. The van der Waals surface area contributed by atoms with E-state index in [1.54, 1.807) is 0 Å². The van der Waals surface area contributed by atoms with Gasteiger partial charge in [0.1, 0.15) is 0 Å². The van der Waals surface area contributed by atoms with Gasteiger partial charge in [0.05, 0.1) is 12.1 Å². The number of nitrogens with zero attached hydrogens (tertiary/aromatic N) is 1. The first-order chi connectivity index (χ1) is 9.96. The summed E-state index contributed by atoms with van der Waals surface area (Å²) in [6.45, 7) is 10.8. The minimum Gasteiger partial charge on any atom is -0.394 e. The van der Waals surface area contributed by atoms with Gasteiger partial charge in [-0.25, -0.2) is 0 Å². The first-order valence-corrected chi connectivity index (χ1v) is 8.08. The van der Waals surface area contributed by atoms with Crippen LogP contribution < -0.4 is 5.32 Å². The standard InChI is InChI=1S/C18H32N2O/c1-6-19-18(14-21,17-10-8-7-9-11-17)12-13-20(5)16(4)15(2)3/h7-11,15-16,19,21H,6,12-14H2,1-5H3. The van der Waals surface area contributed by atoms with Crippen LogP contribution in [0.25, 0.3) is 0 Å². The number of rotatable bonds is 9. The molecule has 2 N–H and O–H groups in total. The highest BCUT2D eigenvalue weighted by molar-refractivity contribution is 5.24. The SMILES string of the molecule is CCNC(CO)(CCN(C)C(C)C(C)C)c1ccccc1. The Balaban J connectivity index is 2.84. The summed E-state index contributed by atoms with van der Waals surface area (Å²) in [5.74, 6) is 0.634. The fraction of sp³-hybridized carbons (Fsp3) is 0.667. The first kappa shape index (κ1) is 18.1. The van der Waals surface area contributed by atoms with Gasteiger partial charge in [-0.1, -0.05) is 51.1 Å². The van der Waals surface area contributed by atoms with Crippen molar-refractivity contribution in [3.63, 3.8) is 0 Å². The average molecular weight is 292 g/mol. The van der Waals surface area contributed by atoms with Crippen LogP contribution in [0.5, 0.6) is 0 Å². The third-order valence-corrected chi connectivity index (χ3v) is 4.66. The molecule has 0 spiro atoms. The van der Waals surface area contributed by atoms with Crippen molar-refractivity contribution in [2.24, 2.45) is 5.92 Å². The highest BCUT2D eigenvalue weighted by Crippen LogP contribution is 2.25. The van der Waals surface area contributed by atoms with Gasteiger partial charge in [0.15, 0.2) is 0 Å². The summed E-state index contributed by atoms with van der Waals surface area (Å²) in [7, 11) is 2.17. The summed E-state index contributed by atoms with van der Waals surface area (Å²) >= 11 is 0. The minimum atomic E-state index is -0.346. The second-order valence-electron chi connectivity index (χ2n) is 6.35. The zero-order valence-electron chi connectivity index (χ0n) is 14.3. The van der Waals surface area contributed by atoms with Gasteiger partial charge >= 0.3 is 0 Å². The number of benzene rings is 1. The molecule has 0 radical (unpaired) electrons. The molecule has 0 aliphatic carbocycles. The lowest BCUT2D eigenvalue weighted by Gasteiger charge is -2.37. The number of likely N-dealkylation sites (N-methyl/N-ethyl adjacent to an activating group) is 1. The maximum atomic E-state index is 10.0. The number of hydrogen-bond acceptors (Lipinski definition) is 3. The van der Waals surface area contributed by atoms with Crippen molar-refractivity contribution in [2.45, 2.75) is 45.7 Å². The Morgan fingerprint density at radius 2 is 1.81 bits per heavy atom. The van der Waals surface area contributed by atoms with Crippen LogP contribution in [0, 0.1) is 5.92 Å². The maximum absolute atomic E-state index is 10.0. The van der Waals surface area contributed by atoms with Gasteiger partial charge in [0.2, 0.25) is 0 Å². The first-order valence-electron chi connectivity index (χ1n) is 8.08. The van der Waals surface area contributed by atoms with Crippen LogP contribution in [0.2, 0.25) is 0 Å². The molecule has 0 saturated carbocycles. The lowest BCUT2D eigenvalue weighted by Crippen LogP contribution is -2.48.